The Bertz CT molecular complexity index is 754. The molecule has 0 heterocycles. The standard InChI is InChI=1S/C23H24BrO2P/c24-26-18-20-27(19-10-17-25,21-11-4-1-5-12-21,22-13-6-2-7-14-22)23-15-8-3-9-16-23/h1-9,11-17H,10,18-20H2. The fourth-order valence-corrected chi connectivity index (χ4v) is 11.2. The fourth-order valence-electron chi connectivity index (χ4n) is 4.27. The zero-order valence-electron chi connectivity index (χ0n) is 15.2. The van der Waals surface area contributed by atoms with Gasteiger partial charge in [-0.05, 0) is 0 Å². The van der Waals surface area contributed by atoms with E-state index < -0.39 is 6.60 Å². The van der Waals surface area contributed by atoms with Crippen molar-refractivity contribution in [1.82, 2.24) is 0 Å². The van der Waals surface area contributed by atoms with Crippen molar-refractivity contribution in [1.29, 1.82) is 0 Å². The van der Waals surface area contributed by atoms with E-state index in [2.05, 4.69) is 89.1 Å². The van der Waals surface area contributed by atoms with Crippen LogP contribution in [-0.4, -0.2) is 25.2 Å². The van der Waals surface area contributed by atoms with Gasteiger partial charge in [0, 0.05) is 0 Å². The van der Waals surface area contributed by atoms with Gasteiger partial charge in [0.25, 0.3) is 0 Å². The third-order valence-electron chi connectivity index (χ3n) is 5.54. The van der Waals surface area contributed by atoms with Crippen LogP contribution < -0.4 is 15.9 Å². The minimum absolute atomic E-state index is 0.513. The Hall–Kier alpha value is -1.80. The van der Waals surface area contributed by atoms with Gasteiger partial charge in [0.05, 0.1) is 0 Å². The summed E-state index contributed by atoms with van der Waals surface area (Å²) >= 11 is 3.16. The van der Waals surface area contributed by atoms with Gasteiger partial charge in [-0.3, -0.25) is 0 Å². The van der Waals surface area contributed by atoms with Crippen molar-refractivity contribution in [3.8, 4) is 0 Å². The van der Waals surface area contributed by atoms with Crippen LogP contribution in [0.25, 0.3) is 0 Å². The number of aldehydes is 1. The van der Waals surface area contributed by atoms with Crippen molar-refractivity contribution in [3.05, 3.63) is 91.0 Å². The van der Waals surface area contributed by atoms with E-state index in [0.29, 0.717) is 13.0 Å². The molecule has 140 valence electrons. The molecule has 0 aliphatic heterocycles. The van der Waals surface area contributed by atoms with Crippen molar-refractivity contribution in [2.75, 3.05) is 18.9 Å². The van der Waals surface area contributed by atoms with E-state index in [0.717, 1.165) is 18.6 Å². The van der Waals surface area contributed by atoms with Crippen LogP contribution in [0.15, 0.2) is 91.0 Å². The second-order valence-electron chi connectivity index (χ2n) is 6.73. The molecule has 2 nitrogen and oxygen atoms in total. The first-order valence-corrected chi connectivity index (χ1v) is 12.4. The Morgan fingerprint density at radius 3 is 1.44 bits per heavy atom. The second-order valence-corrected chi connectivity index (χ2v) is 12.6. The van der Waals surface area contributed by atoms with Gasteiger partial charge < -0.3 is 0 Å². The number of hydrogen-bond acceptors (Lipinski definition) is 2. The number of rotatable bonds is 9. The van der Waals surface area contributed by atoms with E-state index in [1.807, 2.05) is 18.2 Å². The third-order valence-corrected chi connectivity index (χ3v) is 12.9. The van der Waals surface area contributed by atoms with Crippen LogP contribution in [0.5, 0.6) is 0 Å². The van der Waals surface area contributed by atoms with E-state index in [-0.39, 0.29) is 0 Å². The monoisotopic (exact) mass is 442 g/mol. The molecule has 0 radical (unpaired) electrons. The molecule has 0 unspecified atom stereocenters. The van der Waals surface area contributed by atoms with Crippen LogP contribution in [-0.2, 0) is 8.62 Å². The summed E-state index contributed by atoms with van der Waals surface area (Å²) in [5.41, 5.74) is 0. The number of carbonyl (C=O) groups is 1. The number of carbonyl (C=O) groups excluding carboxylic acids is 1. The fraction of sp³-hybridized carbons (Fsp3) is 0.174. The molecule has 0 N–H and O–H groups in total. The summed E-state index contributed by atoms with van der Waals surface area (Å²) < 4.78 is 5.42. The molecule has 0 bridgehead atoms. The zero-order valence-corrected chi connectivity index (χ0v) is 17.7. The summed E-state index contributed by atoms with van der Waals surface area (Å²) in [4.78, 5) is 11.5. The first kappa shape index (κ1) is 19.9. The van der Waals surface area contributed by atoms with Crippen LogP contribution in [0.2, 0.25) is 0 Å². The van der Waals surface area contributed by atoms with Crippen LogP contribution in [0, 0.1) is 0 Å². The zero-order chi connectivity index (χ0) is 19.0. The number of halogens is 1. The Kier molecular flexibility index (Phi) is 6.59. The topological polar surface area (TPSA) is 26.3 Å². The maximum absolute atomic E-state index is 11.5. The van der Waals surface area contributed by atoms with Gasteiger partial charge in [0.15, 0.2) is 0 Å². The van der Waals surface area contributed by atoms with Crippen molar-refractivity contribution < 1.29 is 8.62 Å². The predicted octanol–water partition coefficient (Wildman–Crippen LogP) is 4.43. The van der Waals surface area contributed by atoms with Gasteiger partial charge in [0.2, 0.25) is 0 Å². The molecular formula is C23H24BrO2P. The Labute approximate surface area is 170 Å². The van der Waals surface area contributed by atoms with Gasteiger partial charge in [-0.2, -0.15) is 0 Å². The molecule has 0 saturated heterocycles. The quantitative estimate of drug-likeness (QED) is 0.361. The van der Waals surface area contributed by atoms with E-state index in [1.165, 1.54) is 15.9 Å². The van der Waals surface area contributed by atoms with E-state index in [9.17, 15) is 4.79 Å². The van der Waals surface area contributed by atoms with E-state index >= 15 is 0 Å². The Morgan fingerprint density at radius 2 is 1.11 bits per heavy atom. The summed E-state index contributed by atoms with van der Waals surface area (Å²) in [6, 6.07) is 32.0. The second kappa shape index (κ2) is 8.93. The van der Waals surface area contributed by atoms with Gasteiger partial charge >= 0.3 is 170 Å². The van der Waals surface area contributed by atoms with Crippen molar-refractivity contribution in [2.24, 2.45) is 0 Å². The van der Waals surface area contributed by atoms with Crippen molar-refractivity contribution >= 4 is 45.1 Å². The van der Waals surface area contributed by atoms with Crippen LogP contribution in [0.3, 0.4) is 0 Å². The normalized spacial score (nSPS) is 12.9. The molecule has 0 saturated carbocycles. The van der Waals surface area contributed by atoms with Crippen molar-refractivity contribution in [2.45, 2.75) is 6.42 Å². The number of benzene rings is 3. The summed E-state index contributed by atoms with van der Waals surface area (Å²) in [6.45, 7) is -2.35. The van der Waals surface area contributed by atoms with Gasteiger partial charge in [-0.1, -0.05) is 0 Å². The van der Waals surface area contributed by atoms with Crippen molar-refractivity contribution in [3.63, 3.8) is 0 Å². The van der Waals surface area contributed by atoms with E-state index in [4.69, 9.17) is 3.83 Å². The number of hydrogen-bond donors (Lipinski definition) is 0. The average molecular weight is 443 g/mol. The molecule has 3 rings (SSSR count). The molecule has 27 heavy (non-hydrogen) atoms. The molecule has 0 amide bonds. The van der Waals surface area contributed by atoms with Gasteiger partial charge in [0.1, 0.15) is 0 Å². The molecule has 0 aliphatic rings. The minimum atomic E-state index is -2.92. The first-order chi connectivity index (χ1) is 13.3. The summed E-state index contributed by atoms with van der Waals surface area (Å²) in [7, 11) is 0. The summed E-state index contributed by atoms with van der Waals surface area (Å²) in [5, 5.41) is 3.90. The average Bonchev–Trinajstić information content (AvgIpc) is 2.77. The molecular weight excluding hydrogens is 419 g/mol. The van der Waals surface area contributed by atoms with Crippen LogP contribution in [0.1, 0.15) is 6.42 Å². The molecule has 3 aromatic rings. The van der Waals surface area contributed by atoms with Crippen LogP contribution >= 0.6 is 22.9 Å². The summed E-state index contributed by atoms with van der Waals surface area (Å²) in [6.07, 6.45) is 3.19. The molecule has 0 aromatic heterocycles. The SMILES string of the molecule is O=CCCP(CCOBr)(c1ccccc1)(c1ccccc1)c1ccccc1. The third kappa shape index (κ3) is 3.52. The molecule has 4 heteroatoms. The predicted molar refractivity (Wildman–Crippen MR) is 120 cm³/mol. The molecule has 0 aliphatic carbocycles. The van der Waals surface area contributed by atoms with E-state index in [1.54, 1.807) is 0 Å². The van der Waals surface area contributed by atoms with Crippen LogP contribution in [0.4, 0.5) is 0 Å². The molecule has 0 fully saturated rings. The molecule has 3 aromatic carbocycles. The van der Waals surface area contributed by atoms with Gasteiger partial charge in [-0.25, -0.2) is 0 Å². The molecule has 0 atom stereocenters. The summed E-state index contributed by atoms with van der Waals surface area (Å²) in [5.74, 6) is 0. The van der Waals surface area contributed by atoms with Gasteiger partial charge in [-0.15, -0.1) is 0 Å². The first-order valence-electron chi connectivity index (χ1n) is 9.12. The molecule has 0 spiro atoms. The Morgan fingerprint density at radius 1 is 0.704 bits per heavy atom. The maximum atomic E-state index is 11.5. The Balaban J connectivity index is 2.45.